The molecule has 31 heavy (non-hydrogen) atoms. The maximum absolute atomic E-state index is 13.2. The predicted octanol–water partition coefficient (Wildman–Crippen LogP) is 3.46. The molecule has 7 nitrogen and oxygen atoms in total. The van der Waals surface area contributed by atoms with Crippen LogP contribution in [-0.4, -0.2) is 55.3 Å². The van der Waals surface area contributed by atoms with Crippen LogP contribution in [-0.2, 0) is 16.1 Å². The second kappa shape index (κ2) is 8.59. The zero-order valence-corrected chi connectivity index (χ0v) is 17.2. The van der Waals surface area contributed by atoms with Crippen molar-refractivity contribution in [1.29, 1.82) is 0 Å². The van der Waals surface area contributed by atoms with Crippen LogP contribution in [0.4, 0.5) is 4.79 Å². The van der Waals surface area contributed by atoms with Crippen LogP contribution in [0.2, 0.25) is 0 Å². The molecule has 0 radical (unpaired) electrons. The first-order chi connectivity index (χ1) is 15.2. The fourth-order valence-electron chi connectivity index (χ4n) is 4.65. The van der Waals surface area contributed by atoms with Crippen LogP contribution in [0.3, 0.4) is 0 Å². The molecule has 0 spiro atoms. The van der Waals surface area contributed by atoms with Crippen LogP contribution in [0.5, 0.6) is 11.5 Å². The van der Waals surface area contributed by atoms with Crippen molar-refractivity contribution in [3.8, 4) is 11.5 Å². The monoisotopic (exact) mass is 423 g/mol. The zero-order chi connectivity index (χ0) is 21.2. The lowest BCUT2D eigenvalue weighted by molar-refractivity contribution is -0.0755. The van der Waals surface area contributed by atoms with Gasteiger partial charge in [0.05, 0.1) is 25.3 Å². The third-order valence-electron chi connectivity index (χ3n) is 6.13. The van der Waals surface area contributed by atoms with Crippen molar-refractivity contribution in [2.24, 2.45) is 5.92 Å². The maximum atomic E-state index is 13.2. The Morgan fingerprint density at radius 2 is 1.65 bits per heavy atom. The molecule has 0 saturated carbocycles. The number of morpholine rings is 1. The van der Waals surface area contributed by atoms with Gasteiger partial charge >= 0.3 is 6.09 Å². The second-order valence-electron chi connectivity index (χ2n) is 8.18. The zero-order valence-electron chi connectivity index (χ0n) is 17.2. The SMILES string of the molecule is O=C(c1ccc2c(c1)OCCO2)C1CC2COCC(C1)N2C(=O)OCc1ccccc1. The van der Waals surface area contributed by atoms with Crippen LogP contribution in [0.25, 0.3) is 0 Å². The van der Waals surface area contributed by atoms with Crippen molar-refractivity contribution < 1.29 is 28.5 Å². The van der Waals surface area contributed by atoms with Gasteiger partial charge < -0.3 is 18.9 Å². The van der Waals surface area contributed by atoms with Crippen molar-refractivity contribution >= 4 is 11.9 Å². The van der Waals surface area contributed by atoms with Gasteiger partial charge in [-0.05, 0) is 36.6 Å². The minimum absolute atomic E-state index is 0.0752. The van der Waals surface area contributed by atoms with E-state index in [1.54, 1.807) is 23.1 Å². The molecule has 162 valence electrons. The number of fused-ring (bicyclic) bond motifs is 3. The number of amides is 1. The van der Waals surface area contributed by atoms with Gasteiger partial charge in [0.15, 0.2) is 17.3 Å². The molecule has 1 amide bonds. The quantitative estimate of drug-likeness (QED) is 0.702. The molecule has 2 aromatic carbocycles. The van der Waals surface area contributed by atoms with Crippen LogP contribution < -0.4 is 9.47 Å². The van der Waals surface area contributed by atoms with Crippen LogP contribution in [0, 0.1) is 5.92 Å². The number of carbonyl (C=O) groups excluding carboxylic acids is 2. The van der Waals surface area contributed by atoms with E-state index in [0.717, 1.165) is 5.56 Å². The summed E-state index contributed by atoms with van der Waals surface area (Å²) in [6.07, 6.45) is 0.779. The Morgan fingerprint density at radius 3 is 2.39 bits per heavy atom. The van der Waals surface area contributed by atoms with Crippen LogP contribution in [0.15, 0.2) is 48.5 Å². The van der Waals surface area contributed by atoms with Gasteiger partial charge in [-0.2, -0.15) is 0 Å². The largest absolute Gasteiger partial charge is 0.486 e. The lowest BCUT2D eigenvalue weighted by atomic mass is 9.81. The summed E-state index contributed by atoms with van der Waals surface area (Å²) in [5.41, 5.74) is 1.56. The number of benzene rings is 2. The Hall–Kier alpha value is -3.06. The van der Waals surface area contributed by atoms with Crippen molar-refractivity contribution in [3.05, 3.63) is 59.7 Å². The Kier molecular flexibility index (Phi) is 5.51. The summed E-state index contributed by atoms with van der Waals surface area (Å²) in [5, 5.41) is 0. The molecule has 2 fully saturated rings. The highest BCUT2D eigenvalue weighted by atomic mass is 16.6. The summed E-state index contributed by atoms with van der Waals surface area (Å²) in [4.78, 5) is 27.8. The number of carbonyl (C=O) groups is 2. The predicted molar refractivity (Wildman–Crippen MR) is 111 cm³/mol. The van der Waals surface area contributed by atoms with Crippen molar-refractivity contribution in [3.63, 3.8) is 0 Å². The van der Waals surface area contributed by atoms with Gasteiger partial charge in [-0.3, -0.25) is 9.69 Å². The van der Waals surface area contributed by atoms with Crippen molar-refractivity contribution in [1.82, 2.24) is 4.90 Å². The standard InChI is InChI=1S/C24H25NO6/c26-23(17-6-7-21-22(12-17)30-9-8-29-21)18-10-19-14-28-15-20(11-18)25(19)24(27)31-13-16-4-2-1-3-5-16/h1-7,12,18-20H,8-11,13-15H2. The first-order valence-corrected chi connectivity index (χ1v) is 10.7. The molecule has 2 unspecified atom stereocenters. The lowest BCUT2D eigenvalue weighted by Crippen LogP contribution is -2.59. The summed E-state index contributed by atoms with van der Waals surface area (Å²) in [7, 11) is 0. The Labute approximate surface area is 180 Å². The molecule has 3 aliphatic rings. The normalized spacial score (nSPS) is 24.4. The summed E-state index contributed by atoms with van der Waals surface area (Å²) in [6, 6.07) is 14.6. The van der Waals surface area contributed by atoms with E-state index in [2.05, 4.69) is 0 Å². The third-order valence-corrected chi connectivity index (χ3v) is 6.13. The highest BCUT2D eigenvalue weighted by molar-refractivity contribution is 5.98. The molecule has 2 aromatic rings. The Balaban J connectivity index is 1.26. The van der Waals surface area contributed by atoms with Crippen molar-refractivity contribution in [2.75, 3.05) is 26.4 Å². The van der Waals surface area contributed by atoms with E-state index in [1.165, 1.54) is 0 Å². The number of hydrogen-bond acceptors (Lipinski definition) is 6. The van der Waals surface area contributed by atoms with Crippen LogP contribution in [0.1, 0.15) is 28.8 Å². The van der Waals surface area contributed by atoms with E-state index in [9.17, 15) is 9.59 Å². The smallest absolute Gasteiger partial charge is 0.410 e. The van der Waals surface area contributed by atoms with Crippen molar-refractivity contribution in [2.45, 2.75) is 31.5 Å². The number of ketones is 1. The highest BCUT2D eigenvalue weighted by Gasteiger charge is 2.44. The molecular formula is C24H25NO6. The number of rotatable bonds is 4. The van der Waals surface area contributed by atoms with E-state index in [1.807, 2.05) is 30.3 Å². The Bertz CT molecular complexity index is 948. The Morgan fingerprint density at radius 1 is 0.935 bits per heavy atom. The molecule has 2 atom stereocenters. The number of Topliss-reactive ketones (excluding diaryl/α,β-unsaturated/α-hetero) is 1. The summed E-state index contributed by atoms with van der Waals surface area (Å²) < 4.78 is 22.4. The fourth-order valence-corrected chi connectivity index (χ4v) is 4.65. The summed E-state index contributed by atoms with van der Waals surface area (Å²) in [5.74, 6) is 1.19. The number of piperidine rings is 1. The molecule has 5 rings (SSSR count). The average molecular weight is 423 g/mol. The molecule has 0 aliphatic carbocycles. The highest BCUT2D eigenvalue weighted by Crippen LogP contribution is 2.36. The van der Waals surface area contributed by atoms with Crippen LogP contribution >= 0.6 is 0 Å². The first kappa shape index (κ1) is 19.9. The minimum atomic E-state index is -0.340. The molecule has 0 aromatic heterocycles. The van der Waals surface area contributed by atoms with Gasteiger partial charge in [-0.15, -0.1) is 0 Å². The molecule has 2 saturated heterocycles. The third kappa shape index (κ3) is 4.10. The van der Waals surface area contributed by atoms with Gasteiger partial charge in [0.1, 0.15) is 19.8 Å². The van der Waals surface area contributed by atoms with E-state index < -0.39 is 0 Å². The van der Waals surface area contributed by atoms with E-state index in [0.29, 0.717) is 56.3 Å². The summed E-state index contributed by atoms with van der Waals surface area (Å²) in [6.45, 7) is 2.07. The summed E-state index contributed by atoms with van der Waals surface area (Å²) >= 11 is 0. The van der Waals surface area contributed by atoms with Gasteiger partial charge in [0.2, 0.25) is 0 Å². The second-order valence-corrected chi connectivity index (χ2v) is 8.18. The van der Waals surface area contributed by atoms with Gasteiger partial charge in [0.25, 0.3) is 0 Å². The first-order valence-electron chi connectivity index (χ1n) is 10.7. The molecule has 2 bridgehead atoms. The maximum Gasteiger partial charge on any atom is 0.410 e. The molecule has 0 N–H and O–H groups in total. The van der Waals surface area contributed by atoms with E-state index >= 15 is 0 Å². The van der Waals surface area contributed by atoms with E-state index in [-0.39, 0.29) is 36.5 Å². The molecule has 7 heteroatoms. The number of ether oxygens (including phenoxy) is 4. The van der Waals surface area contributed by atoms with Gasteiger partial charge in [0, 0.05) is 11.5 Å². The van der Waals surface area contributed by atoms with E-state index in [4.69, 9.17) is 18.9 Å². The lowest BCUT2D eigenvalue weighted by Gasteiger charge is -2.47. The van der Waals surface area contributed by atoms with Gasteiger partial charge in [-0.1, -0.05) is 30.3 Å². The molecular weight excluding hydrogens is 398 g/mol. The van der Waals surface area contributed by atoms with Gasteiger partial charge in [-0.25, -0.2) is 4.79 Å². The minimum Gasteiger partial charge on any atom is -0.486 e. The topological polar surface area (TPSA) is 74.3 Å². The number of nitrogens with zero attached hydrogens (tertiary/aromatic N) is 1. The molecule has 3 heterocycles. The molecule has 3 aliphatic heterocycles. The average Bonchev–Trinajstić information content (AvgIpc) is 2.81. The fraction of sp³-hybridized carbons (Fsp3) is 0.417. The number of hydrogen-bond donors (Lipinski definition) is 0.